The third-order valence-electron chi connectivity index (χ3n) is 7.29. The van der Waals surface area contributed by atoms with Crippen molar-refractivity contribution in [2.45, 2.75) is 55.4 Å². The Bertz CT molecular complexity index is 1510. The van der Waals surface area contributed by atoms with Crippen LogP contribution in [-0.4, -0.2) is 0 Å². The first-order valence-corrected chi connectivity index (χ1v) is 16.8. The smallest absolute Gasteiger partial charge is 0.327 e. The van der Waals surface area contributed by atoms with Gasteiger partial charge in [0.1, 0.15) is 0 Å². The van der Waals surface area contributed by atoms with Crippen LogP contribution in [0.3, 0.4) is 0 Å². The predicted octanol–water partition coefficient (Wildman–Crippen LogP) is 9.73. The molecule has 0 spiro atoms. The molecule has 0 aliphatic rings. The monoisotopic (exact) mass is 658 g/mol. The summed E-state index contributed by atoms with van der Waals surface area (Å²) in [6.45, 7) is 14.5. The van der Waals surface area contributed by atoms with Crippen molar-refractivity contribution >= 4 is 15.6 Å². The maximum atomic E-state index is 14.1. The van der Waals surface area contributed by atoms with Crippen LogP contribution in [0.4, 0.5) is 0 Å². The van der Waals surface area contributed by atoms with Gasteiger partial charge in [-0.2, -0.15) is 4.31 Å². The Balaban J connectivity index is 1.67. The third kappa shape index (κ3) is 8.75. The van der Waals surface area contributed by atoms with Crippen molar-refractivity contribution in [1.29, 1.82) is 0 Å². The van der Waals surface area contributed by atoms with E-state index < -0.39 is 15.6 Å². The minimum atomic E-state index is -5.14. The zero-order chi connectivity index (χ0) is 32.8. The fraction of sp³-hybridized carbons (Fsp3) is 0.250. The van der Waals surface area contributed by atoms with Gasteiger partial charge in [-0.3, -0.25) is 0 Å². The second kappa shape index (κ2) is 14.6. The average molecular weight is 659 g/mol. The van der Waals surface area contributed by atoms with E-state index in [1.54, 1.807) is 76.2 Å². The second-order valence-corrected chi connectivity index (χ2v) is 13.4. The number of hydrogen-bond acceptors (Lipinski definition) is 11. The molecule has 0 saturated carbocycles. The SMILES string of the molecule is Cc1cccc(OOP(=O)(OOc2cccc(C)c2C)OP(=O)(OOc2cccc(C)c2C)OOc2cccc(C)c2C)c1C. The number of phosphoric acid groups is 2. The van der Waals surface area contributed by atoms with Crippen LogP contribution < -0.4 is 19.6 Å². The fourth-order valence-electron chi connectivity index (χ4n) is 3.80. The van der Waals surface area contributed by atoms with Crippen molar-refractivity contribution in [1.82, 2.24) is 0 Å². The quantitative estimate of drug-likeness (QED) is 0.0732. The zero-order valence-electron chi connectivity index (χ0n) is 26.3. The second-order valence-electron chi connectivity index (χ2n) is 10.4. The van der Waals surface area contributed by atoms with E-state index in [0.717, 1.165) is 22.3 Å². The molecule has 240 valence electrons. The van der Waals surface area contributed by atoms with Gasteiger partial charge in [-0.25, -0.2) is 9.13 Å². The van der Waals surface area contributed by atoms with Crippen molar-refractivity contribution in [3.05, 3.63) is 117 Å². The zero-order valence-corrected chi connectivity index (χ0v) is 28.1. The molecule has 13 heteroatoms. The lowest BCUT2D eigenvalue weighted by molar-refractivity contribution is -0.208. The van der Waals surface area contributed by atoms with Gasteiger partial charge < -0.3 is 19.6 Å². The van der Waals surface area contributed by atoms with Crippen LogP contribution in [0.25, 0.3) is 0 Å². The number of benzene rings is 4. The summed E-state index contributed by atoms with van der Waals surface area (Å²) in [5, 5.41) is 0. The predicted molar refractivity (Wildman–Crippen MR) is 167 cm³/mol. The molecule has 0 amide bonds. The minimum Gasteiger partial charge on any atom is -0.327 e. The molecule has 4 aromatic carbocycles. The molecule has 0 bridgehead atoms. The highest BCUT2D eigenvalue weighted by molar-refractivity contribution is 7.62. The lowest BCUT2D eigenvalue weighted by atomic mass is 10.1. The van der Waals surface area contributed by atoms with E-state index in [2.05, 4.69) is 0 Å². The van der Waals surface area contributed by atoms with Crippen molar-refractivity contribution in [3.8, 4) is 23.0 Å². The van der Waals surface area contributed by atoms with Gasteiger partial charge in [-0.05, 0) is 124 Å². The summed E-state index contributed by atoms with van der Waals surface area (Å²) in [6.07, 6.45) is 0. The fourth-order valence-corrected chi connectivity index (χ4v) is 5.95. The molecule has 0 heterocycles. The van der Waals surface area contributed by atoms with Gasteiger partial charge in [0.25, 0.3) is 0 Å². The molecule has 0 N–H and O–H groups in total. The molecule has 45 heavy (non-hydrogen) atoms. The minimum absolute atomic E-state index is 0.184. The summed E-state index contributed by atoms with van der Waals surface area (Å²) < 4.78 is 54.1. The Morgan fingerprint density at radius 1 is 0.378 bits per heavy atom. The first-order chi connectivity index (χ1) is 21.3. The van der Waals surface area contributed by atoms with Gasteiger partial charge in [-0.15, -0.1) is 0 Å². The normalized spacial score (nSPS) is 11.7. The number of hydrogen-bond donors (Lipinski definition) is 0. The van der Waals surface area contributed by atoms with Crippen molar-refractivity contribution in [3.63, 3.8) is 0 Å². The largest absolute Gasteiger partial charge is 0.556 e. The van der Waals surface area contributed by atoms with E-state index in [1.807, 2.05) is 52.0 Å². The summed E-state index contributed by atoms with van der Waals surface area (Å²) in [4.78, 5) is 21.4. The highest BCUT2D eigenvalue weighted by Crippen LogP contribution is 2.66. The molecular formula is C32H36O11P2. The Kier molecular flexibility index (Phi) is 11.1. The standard InChI is InChI=1S/C32H36O11P2/c1-21-13-9-17-29(25(21)5)35-39-44(33,40-36-30-18-10-14-22(2)26(30)6)43-45(34,41-37-31-19-11-15-23(3)27(31)7)42-38-32-20-12-16-24(4)28(32)8/h9-20H,1-8H3. The molecule has 0 aromatic heterocycles. The average Bonchev–Trinajstić information content (AvgIpc) is 3.00. The molecule has 0 radical (unpaired) electrons. The Morgan fingerprint density at radius 3 is 0.822 bits per heavy atom. The Hall–Kier alpha value is -3.66. The first kappa shape index (κ1) is 34.2. The van der Waals surface area contributed by atoms with E-state index in [1.165, 1.54) is 0 Å². The summed E-state index contributed by atoms with van der Waals surface area (Å²) in [5.74, 6) is 0.737. The molecular weight excluding hydrogens is 622 g/mol. The first-order valence-electron chi connectivity index (χ1n) is 13.9. The lowest BCUT2D eigenvalue weighted by Crippen LogP contribution is -2.11. The number of aryl methyl sites for hydroxylation is 4. The van der Waals surface area contributed by atoms with Gasteiger partial charge >= 0.3 is 15.6 Å². The van der Waals surface area contributed by atoms with Crippen molar-refractivity contribution in [2.75, 3.05) is 0 Å². The molecule has 0 atom stereocenters. The van der Waals surface area contributed by atoms with Gasteiger partial charge in [0.2, 0.25) is 0 Å². The summed E-state index contributed by atoms with van der Waals surface area (Å²) in [6, 6.07) is 20.5. The molecule has 0 aliphatic heterocycles. The van der Waals surface area contributed by atoms with E-state index in [4.69, 9.17) is 42.6 Å². The maximum absolute atomic E-state index is 14.1. The number of rotatable bonds is 14. The molecule has 0 saturated heterocycles. The molecule has 11 nitrogen and oxygen atoms in total. The van der Waals surface area contributed by atoms with Gasteiger partial charge in [0.15, 0.2) is 23.0 Å². The molecule has 4 aromatic rings. The molecule has 0 unspecified atom stereocenters. The Labute approximate surface area is 262 Å². The van der Waals surface area contributed by atoms with Crippen LogP contribution in [0.2, 0.25) is 0 Å². The van der Waals surface area contributed by atoms with E-state index in [9.17, 15) is 9.13 Å². The van der Waals surface area contributed by atoms with Crippen LogP contribution in [-0.2, 0) is 32.1 Å². The van der Waals surface area contributed by atoms with Crippen molar-refractivity contribution < 1.29 is 51.7 Å². The van der Waals surface area contributed by atoms with Crippen LogP contribution >= 0.6 is 15.6 Å². The molecule has 0 fully saturated rings. The molecule has 0 aliphatic carbocycles. The topological polar surface area (TPSA) is 117 Å². The highest BCUT2D eigenvalue weighted by Gasteiger charge is 2.48. The van der Waals surface area contributed by atoms with Crippen molar-refractivity contribution in [2.24, 2.45) is 0 Å². The maximum Gasteiger partial charge on any atom is 0.556 e. The van der Waals surface area contributed by atoms with Crippen LogP contribution in [0.15, 0.2) is 72.8 Å². The Morgan fingerprint density at radius 2 is 0.600 bits per heavy atom. The molecule has 4 rings (SSSR count). The highest BCUT2D eigenvalue weighted by atomic mass is 31.3. The summed E-state index contributed by atoms with van der Waals surface area (Å²) in [7, 11) is -10.3. The van der Waals surface area contributed by atoms with Crippen LogP contribution in [0, 0.1) is 55.4 Å². The summed E-state index contributed by atoms with van der Waals surface area (Å²) >= 11 is 0. The van der Waals surface area contributed by atoms with E-state index in [-0.39, 0.29) is 23.0 Å². The third-order valence-corrected chi connectivity index (χ3v) is 9.92. The lowest BCUT2D eigenvalue weighted by Gasteiger charge is -2.21. The summed E-state index contributed by atoms with van der Waals surface area (Å²) in [5.41, 5.74) is 6.14. The van der Waals surface area contributed by atoms with E-state index in [0.29, 0.717) is 22.3 Å². The van der Waals surface area contributed by atoms with Crippen LogP contribution in [0.1, 0.15) is 44.5 Å². The van der Waals surface area contributed by atoms with Gasteiger partial charge in [0.05, 0.1) is 0 Å². The van der Waals surface area contributed by atoms with Gasteiger partial charge in [-0.1, -0.05) is 67.2 Å². The van der Waals surface area contributed by atoms with Gasteiger partial charge in [0, 0.05) is 0 Å². The van der Waals surface area contributed by atoms with Crippen LogP contribution in [0.5, 0.6) is 23.0 Å². The van der Waals surface area contributed by atoms with E-state index >= 15 is 0 Å².